The molecule has 1 aromatic carbocycles. The van der Waals surface area contributed by atoms with Gasteiger partial charge in [0.2, 0.25) is 0 Å². The smallest absolute Gasteiger partial charge is 0.305 e. The Bertz CT molecular complexity index is 791. The molecular weight excluding hydrogens is 400 g/mol. The molecule has 0 aromatic heterocycles. The highest BCUT2D eigenvalue weighted by Crippen LogP contribution is 2.45. The maximum atomic E-state index is 12.0. The molecule has 1 N–H and O–H groups in total. The molecule has 0 amide bonds. The van der Waals surface area contributed by atoms with E-state index in [4.69, 9.17) is 14.2 Å². The van der Waals surface area contributed by atoms with Gasteiger partial charge in [-0.15, -0.1) is 0 Å². The number of benzene rings is 1. The van der Waals surface area contributed by atoms with Gasteiger partial charge in [0.1, 0.15) is 17.1 Å². The average molecular weight is 435 g/mol. The van der Waals surface area contributed by atoms with E-state index < -0.39 is 5.60 Å². The molecule has 1 heterocycles. The van der Waals surface area contributed by atoms with E-state index in [2.05, 4.69) is 0 Å². The Morgan fingerprint density at radius 2 is 1.65 bits per heavy atom. The topological polar surface area (TPSA) is 99.1 Å². The van der Waals surface area contributed by atoms with Crippen LogP contribution < -0.4 is 4.74 Å². The summed E-state index contributed by atoms with van der Waals surface area (Å²) in [5.74, 6) is -0.283. The van der Waals surface area contributed by atoms with Gasteiger partial charge < -0.3 is 19.3 Å². The fourth-order valence-corrected chi connectivity index (χ4v) is 4.07. The number of carbonyl (C=O) groups is 3. The van der Waals surface area contributed by atoms with Gasteiger partial charge >= 0.3 is 11.9 Å². The molecule has 0 saturated heterocycles. The largest absolute Gasteiger partial charge is 0.507 e. The number of ketones is 1. The monoisotopic (exact) mass is 434 g/mol. The quantitative estimate of drug-likeness (QED) is 0.409. The molecule has 2 rings (SSSR count). The molecule has 7 heteroatoms. The summed E-state index contributed by atoms with van der Waals surface area (Å²) in [6, 6.07) is 1.70. The van der Waals surface area contributed by atoms with Crippen molar-refractivity contribution in [3.8, 4) is 11.5 Å². The van der Waals surface area contributed by atoms with Crippen LogP contribution in [0.3, 0.4) is 0 Å². The summed E-state index contributed by atoms with van der Waals surface area (Å²) in [4.78, 5) is 36.0. The molecule has 0 spiro atoms. The van der Waals surface area contributed by atoms with Crippen molar-refractivity contribution in [2.45, 2.75) is 84.7 Å². The lowest BCUT2D eigenvalue weighted by Gasteiger charge is -2.40. The number of hydrogen-bond donors (Lipinski definition) is 1. The molecule has 0 atom stereocenters. The van der Waals surface area contributed by atoms with E-state index in [1.807, 2.05) is 6.92 Å². The van der Waals surface area contributed by atoms with E-state index in [0.717, 1.165) is 12.0 Å². The predicted molar refractivity (Wildman–Crippen MR) is 116 cm³/mol. The third-order valence-electron chi connectivity index (χ3n) is 5.65. The first-order chi connectivity index (χ1) is 14.8. The average Bonchev–Trinajstić information content (AvgIpc) is 2.73. The zero-order valence-corrected chi connectivity index (χ0v) is 19.0. The first kappa shape index (κ1) is 24.7. The Balaban J connectivity index is 2.39. The Hall–Kier alpha value is -2.57. The maximum Gasteiger partial charge on any atom is 0.305 e. The summed E-state index contributed by atoms with van der Waals surface area (Å²) in [5.41, 5.74) is 1.03. The molecule has 1 aliphatic heterocycles. The van der Waals surface area contributed by atoms with Gasteiger partial charge in [0.15, 0.2) is 5.78 Å². The van der Waals surface area contributed by atoms with Gasteiger partial charge in [0.25, 0.3) is 0 Å². The van der Waals surface area contributed by atoms with Crippen LogP contribution >= 0.6 is 0 Å². The van der Waals surface area contributed by atoms with Crippen molar-refractivity contribution in [1.82, 2.24) is 0 Å². The summed E-state index contributed by atoms with van der Waals surface area (Å²) in [7, 11) is 0. The fraction of sp³-hybridized carbons (Fsp3) is 0.625. The van der Waals surface area contributed by atoms with E-state index in [0.29, 0.717) is 62.2 Å². The van der Waals surface area contributed by atoms with Gasteiger partial charge in [-0.05, 0) is 64.5 Å². The number of esters is 2. The van der Waals surface area contributed by atoms with Gasteiger partial charge in [0, 0.05) is 18.4 Å². The lowest BCUT2D eigenvalue weighted by atomic mass is 9.82. The molecule has 0 saturated carbocycles. The van der Waals surface area contributed by atoms with E-state index in [1.165, 1.54) is 6.92 Å². The van der Waals surface area contributed by atoms with Crippen molar-refractivity contribution in [1.29, 1.82) is 0 Å². The van der Waals surface area contributed by atoms with Crippen LogP contribution in [-0.4, -0.2) is 41.6 Å². The van der Waals surface area contributed by atoms with E-state index in [9.17, 15) is 19.5 Å². The Kier molecular flexibility index (Phi) is 8.89. The molecule has 0 radical (unpaired) electrons. The number of hydrogen-bond acceptors (Lipinski definition) is 7. The van der Waals surface area contributed by atoms with Gasteiger partial charge in [-0.3, -0.25) is 14.4 Å². The van der Waals surface area contributed by atoms with Gasteiger partial charge in [-0.2, -0.15) is 0 Å². The molecular formula is C24H34O7. The number of phenolic OH excluding ortho intramolecular Hbond substituents is 1. The number of aromatic hydroxyl groups is 1. The number of fused-ring (bicyclic) bond motifs is 1. The molecule has 0 fully saturated rings. The van der Waals surface area contributed by atoms with Gasteiger partial charge in [0.05, 0.1) is 18.8 Å². The van der Waals surface area contributed by atoms with Crippen LogP contribution in [0.25, 0.3) is 0 Å². The third kappa shape index (κ3) is 6.21. The second kappa shape index (κ2) is 11.2. The van der Waals surface area contributed by atoms with Crippen LogP contribution in [0, 0.1) is 0 Å². The van der Waals surface area contributed by atoms with Crippen molar-refractivity contribution < 1.29 is 33.7 Å². The molecule has 1 aromatic rings. The summed E-state index contributed by atoms with van der Waals surface area (Å²) in [5, 5.41) is 10.7. The van der Waals surface area contributed by atoms with Crippen LogP contribution in [0.1, 0.15) is 87.7 Å². The summed E-state index contributed by atoms with van der Waals surface area (Å²) in [6.07, 6.45) is 3.67. The zero-order valence-electron chi connectivity index (χ0n) is 19.0. The first-order valence-corrected chi connectivity index (χ1v) is 11.2. The van der Waals surface area contributed by atoms with E-state index in [1.54, 1.807) is 19.9 Å². The van der Waals surface area contributed by atoms with Crippen LogP contribution in [0.15, 0.2) is 6.07 Å². The Morgan fingerprint density at radius 1 is 1.06 bits per heavy atom. The molecule has 172 valence electrons. The number of aryl methyl sites for hydroxylation is 1. The van der Waals surface area contributed by atoms with Crippen molar-refractivity contribution in [2.75, 3.05) is 13.2 Å². The molecule has 0 bridgehead atoms. The van der Waals surface area contributed by atoms with Crippen LogP contribution in [0.2, 0.25) is 0 Å². The van der Waals surface area contributed by atoms with Crippen molar-refractivity contribution in [3.63, 3.8) is 0 Å². The Morgan fingerprint density at radius 3 is 2.13 bits per heavy atom. The number of Topliss-reactive ketones (excluding diaryl/α,β-unsaturated/α-hetero) is 1. The molecule has 31 heavy (non-hydrogen) atoms. The number of carbonyl (C=O) groups excluding carboxylic acids is 3. The molecule has 0 unspecified atom stereocenters. The molecule has 0 aliphatic carbocycles. The number of rotatable bonds is 11. The predicted octanol–water partition coefficient (Wildman–Crippen LogP) is 4.30. The summed E-state index contributed by atoms with van der Waals surface area (Å²) >= 11 is 0. The highest BCUT2D eigenvalue weighted by molar-refractivity contribution is 5.98. The SMILES string of the molecule is CCCc1c(O)c(C(C)=O)cc2c1OC(CCC(=O)OCC)(CCC(=O)OCC)CC2. The standard InChI is InChI=1S/C24H34O7/c1-5-8-18-22(28)19(16(4)25)15-17-9-12-24(31-23(17)18,13-10-20(26)29-6-2)14-11-21(27)30-7-3/h15,28H,5-14H2,1-4H3. The summed E-state index contributed by atoms with van der Waals surface area (Å²) in [6.45, 7) is 7.55. The van der Waals surface area contributed by atoms with E-state index >= 15 is 0 Å². The third-order valence-corrected chi connectivity index (χ3v) is 5.65. The maximum absolute atomic E-state index is 12.0. The second-order valence-corrected chi connectivity index (χ2v) is 7.94. The molecule has 7 nitrogen and oxygen atoms in total. The number of phenols is 1. The van der Waals surface area contributed by atoms with Crippen LogP contribution in [-0.2, 0) is 31.9 Å². The number of ether oxygens (including phenoxy) is 3. The minimum Gasteiger partial charge on any atom is -0.507 e. The highest BCUT2D eigenvalue weighted by atomic mass is 16.5. The molecule has 1 aliphatic rings. The van der Waals surface area contributed by atoms with Crippen molar-refractivity contribution >= 4 is 17.7 Å². The van der Waals surface area contributed by atoms with Gasteiger partial charge in [-0.25, -0.2) is 0 Å². The fourth-order valence-electron chi connectivity index (χ4n) is 4.07. The van der Waals surface area contributed by atoms with Crippen molar-refractivity contribution in [3.05, 3.63) is 22.8 Å². The minimum atomic E-state index is -0.751. The van der Waals surface area contributed by atoms with Crippen molar-refractivity contribution in [2.24, 2.45) is 0 Å². The minimum absolute atomic E-state index is 0.0420. The highest BCUT2D eigenvalue weighted by Gasteiger charge is 2.39. The van der Waals surface area contributed by atoms with E-state index in [-0.39, 0.29) is 36.3 Å². The first-order valence-electron chi connectivity index (χ1n) is 11.2. The van der Waals surface area contributed by atoms with Gasteiger partial charge in [-0.1, -0.05) is 13.3 Å². The zero-order chi connectivity index (χ0) is 23.0. The Labute approximate surface area is 184 Å². The second-order valence-electron chi connectivity index (χ2n) is 7.94. The lowest BCUT2D eigenvalue weighted by Crippen LogP contribution is -2.41. The van der Waals surface area contributed by atoms with Crippen LogP contribution in [0.5, 0.6) is 11.5 Å². The summed E-state index contributed by atoms with van der Waals surface area (Å²) < 4.78 is 16.6. The van der Waals surface area contributed by atoms with Crippen LogP contribution in [0.4, 0.5) is 0 Å². The lowest BCUT2D eigenvalue weighted by molar-refractivity contribution is -0.145. The normalized spacial score (nSPS) is 14.3.